The van der Waals surface area contributed by atoms with Crippen molar-refractivity contribution in [3.63, 3.8) is 0 Å². The fourth-order valence-corrected chi connectivity index (χ4v) is 2.37. The summed E-state index contributed by atoms with van der Waals surface area (Å²) in [6.45, 7) is 3.48. The number of nitrogens with zero attached hydrogens (tertiary/aromatic N) is 2. The number of benzene rings is 1. The molecule has 0 aliphatic carbocycles. The van der Waals surface area contributed by atoms with Crippen LogP contribution >= 0.6 is 0 Å². The summed E-state index contributed by atoms with van der Waals surface area (Å²) in [6, 6.07) is 4.19. The number of rotatable bonds is 2. The minimum atomic E-state index is -4.41. The summed E-state index contributed by atoms with van der Waals surface area (Å²) in [5, 5.41) is 0. The largest absolute Gasteiger partial charge is 0.416 e. The van der Waals surface area contributed by atoms with E-state index in [1.807, 2.05) is 0 Å². The molecule has 7 heteroatoms. The van der Waals surface area contributed by atoms with Crippen molar-refractivity contribution in [3.8, 4) is 0 Å². The fourth-order valence-electron chi connectivity index (χ4n) is 2.37. The second kappa shape index (κ2) is 6.37. The number of piperazine rings is 1. The monoisotopic (exact) mass is 314 g/mol. The Bertz CT molecular complexity index is 547. The van der Waals surface area contributed by atoms with Crippen molar-refractivity contribution >= 4 is 11.8 Å². The van der Waals surface area contributed by atoms with Crippen LogP contribution < -0.4 is 0 Å². The van der Waals surface area contributed by atoms with E-state index >= 15 is 0 Å². The zero-order valence-electron chi connectivity index (χ0n) is 12.2. The van der Waals surface area contributed by atoms with Gasteiger partial charge in [-0.15, -0.1) is 0 Å². The standard InChI is InChI=1S/C15H17F3N2O2/c1-2-13(21)19-7-9-20(10-8-19)14(22)11-3-5-12(6-4-11)15(16,17)18/h3-6H,2,7-10H2,1H3. The average Bonchev–Trinajstić information content (AvgIpc) is 2.53. The summed E-state index contributed by atoms with van der Waals surface area (Å²) in [7, 11) is 0. The number of alkyl halides is 3. The van der Waals surface area contributed by atoms with Gasteiger partial charge in [0, 0.05) is 38.2 Å². The van der Waals surface area contributed by atoms with Gasteiger partial charge in [0.2, 0.25) is 5.91 Å². The molecule has 4 nitrogen and oxygen atoms in total. The summed E-state index contributed by atoms with van der Waals surface area (Å²) in [5.74, 6) is -0.265. The summed E-state index contributed by atoms with van der Waals surface area (Å²) >= 11 is 0. The molecule has 1 aromatic rings. The Morgan fingerprint density at radius 1 is 1.00 bits per heavy atom. The minimum absolute atomic E-state index is 0.0432. The Hall–Kier alpha value is -2.05. The van der Waals surface area contributed by atoms with E-state index in [4.69, 9.17) is 0 Å². The molecule has 1 aliphatic heterocycles. The van der Waals surface area contributed by atoms with Crippen molar-refractivity contribution in [2.24, 2.45) is 0 Å². The molecule has 0 radical (unpaired) electrons. The van der Waals surface area contributed by atoms with Crippen LogP contribution in [0.5, 0.6) is 0 Å². The molecular formula is C15H17F3N2O2. The summed E-state index contributed by atoms with van der Waals surface area (Å²) in [5.41, 5.74) is -0.550. The maximum Gasteiger partial charge on any atom is 0.416 e. The predicted octanol–water partition coefficient (Wildman–Crippen LogP) is 2.40. The van der Waals surface area contributed by atoms with Crippen LogP contribution in [0.4, 0.5) is 13.2 Å². The van der Waals surface area contributed by atoms with Crippen molar-refractivity contribution in [1.82, 2.24) is 9.80 Å². The van der Waals surface area contributed by atoms with E-state index in [0.717, 1.165) is 12.1 Å². The highest BCUT2D eigenvalue weighted by Crippen LogP contribution is 2.29. The molecule has 0 unspecified atom stereocenters. The van der Waals surface area contributed by atoms with E-state index in [-0.39, 0.29) is 17.4 Å². The fraction of sp³-hybridized carbons (Fsp3) is 0.467. The Balaban J connectivity index is 2.00. The first kappa shape index (κ1) is 16.3. The molecular weight excluding hydrogens is 297 g/mol. The van der Waals surface area contributed by atoms with Crippen LogP contribution in [-0.2, 0) is 11.0 Å². The Morgan fingerprint density at radius 3 is 1.95 bits per heavy atom. The zero-order chi connectivity index (χ0) is 16.3. The normalized spacial score (nSPS) is 15.8. The lowest BCUT2D eigenvalue weighted by molar-refractivity contribution is -0.137. The van der Waals surface area contributed by atoms with Gasteiger partial charge in [0.05, 0.1) is 5.56 Å². The van der Waals surface area contributed by atoms with Crippen molar-refractivity contribution in [2.75, 3.05) is 26.2 Å². The molecule has 0 saturated carbocycles. The molecule has 0 spiro atoms. The van der Waals surface area contributed by atoms with Gasteiger partial charge in [0.1, 0.15) is 0 Å². The molecule has 1 aliphatic rings. The van der Waals surface area contributed by atoms with Gasteiger partial charge in [-0.3, -0.25) is 9.59 Å². The van der Waals surface area contributed by atoms with Gasteiger partial charge in [0.25, 0.3) is 5.91 Å². The first-order valence-electron chi connectivity index (χ1n) is 7.07. The number of halogens is 3. The molecule has 22 heavy (non-hydrogen) atoms. The lowest BCUT2D eigenvalue weighted by Gasteiger charge is -2.34. The molecule has 1 aromatic carbocycles. The number of amides is 2. The number of hydrogen-bond acceptors (Lipinski definition) is 2. The smallest absolute Gasteiger partial charge is 0.339 e. The van der Waals surface area contributed by atoms with Gasteiger partial charge in [-0.05, 0) is 24.3 Å². The first-order chi connectivity index (χ1) is 10.3. The molecule has 0 N–H and O–H groups in total. The lowest BCUT2D eigenvalue weighted by Crippen LogP contribution is -2.50. The van der Waals surface area contributed by atoms with Gasteiger partial charge in [-0.2, -0.15) is 13.2 Å². The molecule has 0 bridgehead atoms. The highest BCUT2D eigenvalue weighted by molar-refractivity contribution is 5.94. The molecule has 1 heterocycles. The minimum Gasteiger partial charge on any atom is -0.339 e. The lowest BCUT2D eigenvalue weighted by atomic mass is 10.1. The molecule has 120 valence electrons. The van der Waals surface area contributed by atoms with Gasteiger partial charge in [-0.25, -0.2) is 0 Å². The quantitative estimate of drug-likeness (QED) is 0.841. The summed E-state index contributed by atoms with van der Waals surface area (Å²) < 4.78 is 37.5. The molecule has 0 atom stereocenters. The average molecular weight is 314 g/mol. The third-order valence-corrected chi connectivity index (χ3v) is 3.68. The van der Waals surface area contributed by atoms with E-state index in [1.54, 1.807) is 16.7 Å². The third kappa shape index (κ3) is 3.58. The second-order valence-corrected chi connectivity index (χ2v) is 5.10. The second-order valence-electron chi connectivity index (χ2n) is 5.10. The van der Waals surface area contributed by atoms with Crippen LogP contribution in [0.25, 0.3) is 0 Å². The van der Waals surface area contributed by atoms with Crippen LogP contribution in [-0.4, -0.2) is 47.8 Å². The molecule has 1 saturated heterocycles. The van der Waals surface area contributed by atoms with Crippen LogP contribution in [0, 0.1) is 0 Å². The van der Waals surface area contributed by atoms with Crippen molar-refractivity contribution in [2.45, 2.75) is 19.5 Å². The van der Waals surface area contributed by atoms with Gasteiger partial charge in [0.15, 0.2) is 0 Å². The van der Waals surface area contributed by atoms with E-state index in [9.17, 15) is 22.8 Å². The third-order valence-electron chi connectivity index (χ3n) is 3.68. The first-order valence-corrected chi connectivity index (χ1v) is 7.07. The Labute approximate surface area is 126 Å². The maximum absolute atomic E-state index is 12.5. The van der Waals surface area contributed by atoms with Gasteiger partial charge < -0.3 is 9.80 Å². The van der Waals surface area contributed by atoms with Crippen LogP contribution in [0.3, 0.4) is 0 Å². The molecule has 2 rings (SSSR count). The highest BCUT2D eigenvalue weighted by Gasteiger charge is 2.30. The SMILES string of the molecule is CCC(=O)N1CCN(C(=O)c2ccc(C(F)(F)F)cc2)CC1. The van der Waals surface area contributed by atoms with Crippen LogP contribution in [0.15, 0.2) is 24.3 Å². The van der Waals surface area contributed by atoms with Gasteiger partial charge >= 0.3 is 6.18 Å². The van der Waals surface area contributed by atoms with Crippen LogP contribution in [0.1, 0.15) is 29.3 Å². The molecule has 2 amide bonds. The molecule has 1 fully saturated rings. The number of carbonyl (C=O) groups is 2. The topological polar surface area (TPSA) is 40.6 Å². The van der Waals surface area contributed by atoms with Crippen LogP contribution in [0.2, 0.25) is 0 Å². The van der Waals surface area contributed by atoms with Crippen molar-refractivity contribution in [3.05, 3.63) is 35.4 Å². The summed E-state index contributed by atoms with van der Waals surface area (Å²) in [4.78, 5) is 27.1. The zero-order valence-corrected chi connectivity index (χ0v) is 12.2. The Kier molecular flexibility index (Phi) is 4.73. The molecule has 0 aromatic heterocycles. The van der Waals surface area contributed by atoms with Crippen molar-refractivity contribution < 1.29 is 22.8 Å². The predicted molar refractivity (Wildman–Crippen MR) is 74.2 cm³/mol. The van der Waals surface area contributed by atoms with Gasteiger partial charge in [-0.1, -0.05) is 6.92 Å². The Morgan fingerprint density at radius 2 is 1.50 bits per heavy atom. The highest BCUT2D eigenvalue weighted by atomic mass is 19.4. The number of hydrogen-bond donors (Lipinski definition) is 0. The van der Waals surface area contributed by atoms with E-state index in [2.05, 4.69) is 0 Å². The van der Waals surface area contributed by atoms with Crippen molar-refractivity contribution in [1.29, 1.82) is 0 Å². The van der Waals surface area contributed by atoms with E-state index in [0.29, 0.717) is 32.6 Å². The maximum atomic E-state index is 12.5. The number of carbonyl (C=O) groups excluding carboxylic acids is 2. The van der Waals surface area contributed by atoms with E-state index < -0.39 is 11.7 Å². The summed E-state index contributed by atoms with van der Waals surface area (Å²) in [6.07, 6.45) is -3.99. The van der Waals surface area contributed by atoms with E-state index in [1.165, 1.54) is 12.1 Å².